The lowest BCUT2D eigenvalue weighted by Gasteiger charge is -2.16. The Kier molecular flexibility index (Phi) is 4.85. The van der Waals surface area contributed by atoms with Crippen molar-refractivity contribution in [2.75, 3.05) is 0 Å². The van der Waals surface area contributed by atoms with E-state index in [9.17, 15) is 4.79 Å². The molecule has 2 rings (SSSR count). The van der Waals surface area contributed by atoms with Crippen LogP contribution in [-0.4, -0.2) is 5.97 Å². The van der Waals surface area contributed by atoms with Gasteiger partial charge in [-0.25, -0.2) is 4.79 Å². The van der Waals surface area contributed by atoms with Gasteiger partial charge in [0.2, 0.25) is 0 Å². The van der Waals surface area contributed by atoms with E-state index in [1.54, 1.807) is 30.3 Å². The van der Waals surface area contributed by atoms with Gasteiger partial charge < -0.3 is 5.73 Å². The molecular weight excluding hydrogens is 288 g/mol. The summed E-state index contributed by atoms with van der Waals surface area (Å²) in [6.45, 7) is 3.84. The van der Waals surface area contributed by atoms with Gasteiger partial charge in [0.25, 0.3) is 0 Å². The Bertz CT molecular complexity index is 641. The van der Waals surface area contributed by atoms with E-state index in [0.717, 1.165) is 16.7 Å². The molecule has 0 amide bonds. The van der Waals surface area contributed by atoms with Gasteiger partial charge in [-0.1, -0.05) is 41.4 Å². The number of hydrogen-bond donors (Lipinski definition) is 2. The molecule has 4 nitrogen and oxygen atoms in total. The van der Waals surface area contributed by atoms with E-state index in [0.29, 0.717) is 16.8 Å². The highest BCUT2D eigenvalue weighted by Gasteiger charge is 2.14. The molecule has 0 heterocycles. The summed E-state index contributed by atoms with van der Waals surface area (Å²) in [5.41, 5.74) is 10.4. The first-order chi connectivity index (χ1) is 9.97. The number of nitrogens with two attached hydrogens (primary N) is 2. The number of rotatable bonds is 4. The summed E-state index contributed by atoms with van der Waals surface area (Å²) in [6, 6.07) is 12.5. The molecule has 0 atom stereocenters. The van der Waals surface area contributed by atoms with Gasteiger partial charge in [-0.3, -0.25) is 4.84 Å². The minimum absolute atomic E-state index is 0.366. The van der Waals surface area contributed by atoms with Gasteiger partial charge in [0.1, 0.15) is 6.17 Å². The van der Waals surface area contributed by atoms with Crippen LogP contribution >= 0.6 is 11.6 Å². The predicted molar refractivity (Wildman–Crippen MR) is 81.2 cm³/mol. The van der Waals surface area contributed by atoms with Gasteiger partial charge in [0.15, 0.2) is 0 Å². The number of benzene rings is 2. The third-order valence-corrected chi connectivity index (χ3v) is 3.32. The van der Waals surface area contributed by atoms with E-state index in [2.05, 4.69) is 0 Å². The largest absolute Gasteiger partial charge is 0.396 e. The summed E-state index contributed by atoms with van der Waals surface area (Å²) >= 11 is 5.81. The normalized spacial score (nSPS) is 10.3. The van der Waals surface area contributed by atoms with Crippen LogP contribution in [0.1, 0.15) is 27.0 Å². The lowest BCUT2D eigenvalue weighted by Crippen LogP contribution is -2.88. The van der Waals surface area contributed by atoms with Crippen LogP contribution < -0.4 is 11.2 Å². The van der Waals surface area contributed by atoms with Crippen molar-refractivity contribution in [3.05, 3.63) is 75.9 Å². The van der Waals surface area contributed by atoms with Crippen molar-refractivity contribution in [1.29, 1.82) is 0 Å². The second-order valence-corrected chi connectivity index (χ2v) is 5.24. The van der Waals surface area contributed by atoms with Gasteiger partial charge in [0.05, 0.1) is 5.56 Å². The van der Waals surface area contributed by atoms with Crippen molar-refractivity contribution in [2.45, 2.75) is 13.8 Å². The van der Waals surface area contributed by atoms with Gasteiger partial charge in [-0.05, 0) is 25.5 Å². The zero-order valence-corrected chi connectivity index (χ0v) is 12.6. The fraction of sp³-hybridized carbons (Fsp3) is 0.125. The topological polar surface area (TPSA) is 68.9 Å². The summed E-state index contributed by atoms with van der Waals surface area (Å²) < 4.78 is 0. The standard InChI is InChI=1S/C16H17ClN2O2/c1-10-3-8-14(11(2)9-10)16(20)21-19-15(18)12-4-6-13(17)7-5-12/h3-9H,18-19H2,1-2H3. The minimum atomic E-state index is -0.426. The summed E-state index contributed by atoms with van der Waals surface area (Å²) in [7, 11) is 0. The first-order valence-corrected chi connectivity index (χ1v) is 6.85. The molecule has 0 aliphatic heterocycles. The average molecular weight is 305 g/mol. The molecule has 110 valence electrons. The Hall–Kier alpha value is -2.01. The van der Waals surface area contributed by atoms with E-state index in [4.69, 9.17) is 22.2 Å². The van der Waals surface area contributed by atoms with Crippen molar-refractivity contribution in [3.8, 4) is 0 Å². The van der Waals surface area contributed by atoms with Gasteiger partial charge in [-0.15, -0.1) is 5.56 Å². The molecule has 0 aromatic heterocycles. The van der Waals surface area contributed by atoms with Crippen LogP contribution in [0.4, 0.5) is 0 Å². The average Bonchev–Trinajstić information content (AvgIpc) is 2.45. The van der Waals surface area contributed by atoms with Crippen molar-refractivity contribution in [2.24, 2.45) is 5.73 Å². The second-order valence-electron chi connectivity index (χ2n) is 4.80. The summed E-state index contributed by atoms with van der Waals surface area (Å²) in [5.74, 6) is -0.426. The lowest BCUT2D eigenvalue weighted by atomic mass is 10.1. The predicted octanol–water partition coefficient (Wildman–Crippen LogP) is 2.09. The van der Waals surface area contributed by atoms with Crippen LogP contribution in [0.15, 0.2) is 42.5 Å². The Morgan fingerprint density at radius 3 is 2.48 bits per heavy atom. The fourth-order valence-corrected chi connectivity index (χ4v) is 2.06. The molecule has 21 heavy (non-hydrogen) atoms. The first-order valence-electron chi connectivity index (χ1n) is 6.47. The van der Waals surface area contributed by atoms with Crippen molar-refractivity contribution in [1.82, 2.24) is 0 Å². The van der Waals surface area contributed by atoms with Gasteiger partial charge >= 0.3 is 5.97 Å². The SMILES string of the molecule is Cc1ccc(C(=O)O[NH2+][C-](N)c2ccc(Cl)cc2)c(C)c1. The maximum atomic E-state index is 12.0. The molecule has 0 aliphatic carbocycles. The zero-order valence-electron chi connectivity index (χ0n) is 11.9. The van der Waals surface area contributed by atoms with Crippen LogP contribution in [0, 0.1) is 20.0 Å². The molecule has 5 heteroatoms. The maximum Gasteiger partial charge on any atom is 0.396 e. The number of quaternary nitrogens is 1. The quantitative estimate of drug-likeness (QED) is 0.671. The molecular formula is C16H17ClN2O2. The second kappa shape index (κ2) is 6.63. The summed E-state index contributed by atoms with van der Waals surface area (Å²) in [4.78, 5) is 17.2. The van der Waals surface area contributed by atoms with Gasteiger partial charge in [-0.2, -0.15) is 17.6 Å². The lowest BCUT2D eigenvalue weighted by molar-refractivity contribution is -0.855. The maximum absolute atomic E-state index is 12.0. The first kappa shape index (κ1) is 15.4. The number of aryl methyl sites for hydroxylation is 2. The van der Waals surface area contributed by atoms with Crippen molar-refractivity contribution >= 4 is 17.6 Å². The highest BCUT2D eigenvalue weighted by atomic mass is 35.5. The van der Waals surface area contributed by atoms with E-state index < -0.39 is 5.97 Å². The van der Waals surface area contributed by atoms with Crippen LogP contribution in [0.5, 0.6) is 0 Å². The molecule has 0 radical (unpaired) electrons. The Morgan fingerprint density at radius 1 is 1.19 bits per heavy atom. The van der Waals surface area contributed by atoms with Crippen LogP contribution in [0.3, 0.4) is 0 Å². The van der Waals surface area contributed by atoms with Crippen LogP contribution in [-0.2, 0) is 4.84 Å². The molecule has 0 bridgehead atoms. The number of hydroxylamine groups is 1. The molecule has 0 spiro atoms. The molecule has 2 aromatic rings. The Morgan fingerprint density at radius 2 is 1.86 bits per heavy atom. The number of carbonyl (C=O) groups is 1. The Labute approximate surface area is 128 Å². The Balaban J connectivity index is 1.99. The zero-order chi connectivity index (χ0) is 15.4. The summed E-state index contributed by atoms with van der Waals surface area (Å²) in [6.07, 6.45) is 0.366. The van der Waals surface area contributed by atoms with E-state index in [1.807, 2.05) is 26.0 Å². The molecule has 2 aromatic carbocycles. The van der Waals surface area contributed by atoms with Crippen LogP contribution in [0.25, 0.3) is 0 Å². The fourth-order valence-electron chi connectivity index (χ4n) is 1.93. The van der Waals surface area contributed by atoms with Gasteiger partial charge in [0, 0.05) is 5.02 Å². The van der Waals surface area contributed by atoms with E-state index >= 15 is 0 Å². The smallest absolute Gasteiger partial charge is 0.306 e. The molecule has 0 unspecified atom stereocenters. The van der Waals surface area contributed by atoms with Crippen molar-refractivity contribution < 1.29 is 15.1 Å². The van der Waals surface area contributed by atoms with Crippen LogP contribution in [0.2, 0.25) is 5.02 Å². The number of halogens is 1. The molecule has 0 saturated carbocycles. The highest BCUT2D eigenvalue weighted by molar-refractivity contribution is 6.30. The third kappa shape index (κ3) is 3.98. The molecule has 0 fully saturated rings. The van der Waals surface area contributed by atoms with E-state index in [-0.39, 0.29) is 0 Å². The molecule has 0 saturated heterocycles. The number of carbonyl (C=O) groups excluding carboxylic acids is 1. The number of hydrogen-bond acceptors (Lipinski definition) is 3. The third-order valence-electron chi connectivity index (χ3n) is 3.07. The minimum Gasteiger partial charge on any atom is -0.306 e. The summed E-state index contributed by atoms with van der Waals surface area (Å²) in [5, 5.41) is 0.624. The monoisotopic (exact) mass is 304 g/mol. The van der Waals surface area contributed by atoms with Crippen molar-refractivity contribution in [3.63, 3.8) is 0 Å². The highest BCUT2D eigenvalue weighted by Crippen LogP contribution is 2.12. The van der Waals surface area contributed by atoms with E-state index in [1.165, 1.54) is 5.48 Å². The molecule has 0 aliphatic rings. The molecule has 4 N–H and O–H groups in total.